The van der Waals surface area contributed by atoms with E-state index < -0.39 is 5.91 Å². The molecule has 3 aromatic rings. The minimum absolute atomic E-state index is 0.00739. The number of amides is 1. The molecule has 10 heteroatoms. The van der Waals surface area contributed by atoms with Crippen molar-refractivity contribution in [1.29, 1.82) is 0 Å². The van der Waals surface area contributed by atoms with Gasteiger partial charge in [0.05, 0.1) is 18.3 Å². The van der Waals surface area contributed by atoms with E-state index >= 15 is 0 Å². The SMILES string of the molecule is CC(c1nc2c(cnn2C2CCOCC2)c(=O)[nH]1)N1CC(Cc2ccc(C(=O)NO)cc2)C1. The number of fused-ring (bicyclic) bond motifs is 1. The van der Waals surface area contributed by atoms with Gasteiger partial charge in [-0.2, -0.15) is 5.10 Å². The van der Waals surface area contributed by atoms with Gasteiger partial charge in [-0.15, -0.1) is 0 Å². The first-order chi connectivity index (χ1) is 16.0. The molecule has 0 spiro atoms. The van der Waals surface area contributed by atoms with Gasteiger partial charge in [-0.1, -0.05) is 12.1 Å². The summed E-state index contributed by atoms with van der Waals surface area (Å²) >= 11 is 0. The molecular formula is C23H28N6O4. The molecule has 0 saturated carbocycles. The molecule has 10 nitrogen and oxygen atoms in total. The number of rotatable bonds is 6. The van der Waals surface area contributed by atoms with Gasteiger partial charge in [0.15, 0.2) is 5.65 Å². The monoisotopic (exact) mass is 452 g/mol. The lowest BCUT2D eigenvalue weighted by atomic mass is 9.90. The Morgan fingerprint density at radius 3 is 2.70 bits per heavy atom. The molecule has 3 N–H and O–H groups in total. The number of ether oxygens (including phenoxy) is 1. The average Bonchev–Trinajstić information content (AvgIpc) is 3.26. The molecule has 174 valence electrons. The predicted molar refractivity (Wildman–Crippen MR) is 120 cm³/mol. The van der Waals surface area contributed by atoms with Crippen molar-refractivity contribution < 1.29 is 14.7 Å². The van der Waals surface area contributed by atoms with E-state index in [4.69, 9.17) is 14.9 Å². The average molecular weight is 453 g/mol. The molecule has 2 fully saturated rings. The van der Waals surface area contributed by atoms with E-state index in [2.05, 4.69) is 21.9 Å². The lowest BCUT2D eigenvalue weighted by molar-refractivity contribution is 0.0561. The summed E-state index contributed by atoms with van der Waals surface area (Å²) in [5.41, 5.74) is 3.72. The molecule has 0 bridgehead atoms. The fourth-order valence-electron chi connectivity index (χ4n) is 4.77. The van der Waals surface area contributed by atoms with Crippen LogP contribution in [0, 0.1) is 5.92 Å². The minimum Gasteiger partial charge on any atom is -0.381 e. The van der Waals surface area contributed by atoms with Crippen molar-refractivity contribution in [1.82, 2.24) is 30.1 Å². The van der Waals surface area contributed by atoms with E-state index in [1.807, 2.05) is 16.8 Å². The lowest BCUT2D eigenvalue weighted by Crippen LogP contribution is -2.49. The van der Waals surface area contributed by atoms with Crippen LogP contribution in [0.5, 0.6) is 0 Å². The first-order valence-electron chi connectivity index (χ1n) is 11.4. The predicted octanol–water partition coefficient (Wildman–Crippen LogP) is 1.83. The van der Waals surface area contributed by atoms with Crippen molar-refractivity contribution in [3.05, 3.63) is 57.8 Å². The second-order valence-corrected chi connectivity index (χ2v) is 8.96. The zero-order valence-electron chi connectivity index (χ0n) is 18.5. The van der Waals surface area contributed by atoms with Gasteiger partial charge in [-0.25, -0.2) is 15.1 Å². The quantitative estimate of drug-likeness (QED) is 0.385. The van der Waals surface area contributed by atoms with Crippen LogP contribution in [-0.4, -0.2) is 62.1 Å². The third kappa shape index (κ3) is 4.29. The van der Waals surface area contributed by atoms with E-state index in [9.17, 15) is 9.59 Å². The van der Waals surface area contributed by atoms with Crippen molar-refractivity contribution in [2.45, 2.75) is 38.3 Å². The van der Waals surface area contributed by atoms with E-state index in [0.29, 0.717) is 41.6 Å². The van der Waals surface area contributed by atoms with Gasteiger partial charge < -0.3 is 9.72 Å². The maximum atomic E-state index is 12.7. The van der Waals surface area contributed by atoms with Gasteiger partial charge in [0.1, 0.15) is 11.2 Å². The second kappa shape index (κ2) is 9.05. The van der Waals surface area contributed by atoms with Gasteiger partial charge in [0, 0.05) is 31.9 Å². The maximum absolute atomic E-state index is 12.7. The van der Waals surface area contributed by atoms with Crippen molar-refractivity contribution >= 4 is 16.9 Å². The molecule has 2 aliphatic heterocycles. The Kier molecular flexibility index (Phi) is 5.96. The summed E-state index contributed by atoms with van der Waals surface area (Å²) in [5.74, 6) is 0.647. The van der Waals surface area contributed by atoms with Crippen LogP contribution in [0.15, 0.2) is 35.3 Å². The first-order valence-corrected chi connectivity index (χ1v) is 11.4. The van der Waals surface area contributed by atoms with Crippen molar-refractivity contribution in [2.75, 3.05) is 26.3 Å². The third-order valence-electron chi connectivity index (χ3n) is 6.79. The van der Waals surface area contributed by atoms with Crippen LogP contribution >= 0.6 is 0 Å². The molecule has 2 aromatic heterocycles. The topological polar surface area (TPSA) is 125 Å². The van der Waals surface area contributed by atoms with Gasteiger partial charge in [0.2, 0.25) is 0 Å². The molecule has 0 radical (unpaired) electrons. The molecule has 1 unspecified atom stereocenters. The highest BCUT2D eigenvalue weighted by atomic mass is 16.5. The summed E-state index contributed by atoms with van der Waals surface area (Å²) in [6, 6.07) is 7.46. The number of hydroxylamine groups is 1. The molecule has 2 aliphatic rings. The molecule has 4 heterocycles. The molecular weight excluding hydrogens is 424 g/mol. The summed E-state index contributed by atoms with van der Waals surface area (Å²) in [6.07, 6.45) is 4.26. The molecule has 1 atom stereocenters. The van der Waals surface area contributed by atoms with Crippen LogP contribution in [0.25, 0.3) is 11.0 Å². The molecule has 0 aliphatic carbocycles. The maximum Gasteiger partial charge on any atom is 0.274 e. The Balaban J connectivity index is 1.25. The van der Waals surface area contributed by atoms with E-state index in [-0.39, 0.29) is 17.6 Å². The number of aromatic nitrogens is 4. The Labute approximate surface area is 190 Å². The zero-order chi connectivity index (χ0) is 22.9. The zero-order valence-corrected chi connectivity index (χ0v) is 18.5. The number of hydrogen-bond donors (Lipinski definition) is 3. The third-order valence-corrected chi connectivity index (χ3v) is 6.79. The van der Waals surface area contributed by atoms with Crippen molar-refractivity contribution in [2.24, 2.45) is 5.92 Å². The first kappa shape index (κ1) is 21.7. The Hall–Kier alpha value is -3.08. The number of hydrogen-bond acceptors (Lipinski definition) is 7. The Morgan fingerprint density at radius 1 is 1.27 bits per heavy atom. The highest BCUT2D eigenvalue weighted by molar-refractivity contribution is 5.93. The summed E-state index contributed by atoms with van der Waals surface area (Å²) in [5, 5.41) is 13.7. The number of nitrogens with zero attached hydrogens (tertiary/aromatic N) is 4. The lowest BCUT2D eigenvalue weighted by Gasteiger charge is -2.43. The largest absolute Gasteiger partial charge is 0.381 e. The van der Waals surface area contributed by atoms with Crippen molar-refractivity contribution in [3.8, 4) is 0 Å². The molecule has 1 amide bonds. The second-order valence-electron chi connectivity index (χ2n) is 8.96. The molecule has 1 aromatic carbocycles. The summed E-state index contributed by atoms with van der Waals surface area (Å²) in [7, 11) is 0. The van der Waals surface area contributed by atoms with Crippen LogP contribution < -0.4 is 11.0 Å². The number of benzene rings is 1. The van der Waals surface area contributed by atoms with Gasteiger partial charge in [0.25, 0.3) is 11.5 Å². The van der Waals surface area contributed by atoms with Crippen LogP contribution in [0.3, 0.4) is 0 Å². The van der Waals surface area contributed by atoms with Crippen LogP contribution in [0.1, 0.15) is 53.6 Å². The van der Waals surface area contributed by atoms with Crippen LogP contribution in [0.4, 0.5) is 0 Å². The minimum atomic E-state index is -0.512. The van der Waals surface area contributed by atoms with Crippen molar-refractivity contribution in [3.63, 3.8) is 0 Å². The Morgan fingerprint density at radius 2 is 2.00 bits per heavy atom. The van der Waals surface area contributed by atoms with E-state index in [0.717, 1.165) is 37.9 Å². The number of likely N-dealkylation sites (tertiary alicyclic amines) is 1. The van der Waals surface area contributed by atoms with Gasteiger partial charge >= 0.3 is 0 Å². The number of aromatic amines is 1. The van der Waals surface area contributed by atoms with Gasteiger partial charge in [-0.05, 0) is 49.8 Å². The van der Waals surface area contributed by atoms with E-state index in [1.165, 1.54) is 0 Å². The highest BCUT2D eigenvalue weighted by Crippen LogP contribution is 2.30. The Bertz CT molecular complexity index is 1190. The number of carbonyl (C=O) groups is 1. The summed E-state index contributed by atoms with van der Waals surface area (Å²) < 4.78 is 7.35. The fourth-order valence-corrected chi connectivity index (χ4v) is 4.77. The normalized spacial score (nSPS) is 18.8. The number of nitrogens with one attached hydrogen (secondary N) is 2. The number of carbonyl (C=O) groups excluding carboxylic acids is 1. The molecule has 2 saturated heterocycles. The van der Waals surface area contributed by atoms with Crippen LogP contribution in [0.2, 0.25) is 0 Å². The fraction of sp³-hybridized carbons (Fsp3) is 0.478. The smallest absolute Gasteiger partial charge is 0.274 e. The molecule has 5 rings (SSSR count). The molecule has 33 heavy (non-hydrogen) atoms. The number of H-pyrrole nitrogens is 1. The van der Waals surface area contributed by atoms with Gasteiger partial charge in [-0.3, -0.25) is 19.7 Å². The van der Waals surface area contributed by atoms with Crippen LogP contribution in [-0.2, 0) is 11.2 Å². The standard InChI is InChI=1S/C23H28N6O4/c1-14(28-12-16(13-28)10-15-2-4-17(5-3-15)22(30)27-32)20-25-21-19(23(31)26-20)11-24-29(21)18-6-8-33-9-7-18/h2-5,11,14,16,18,32H,6-10,12-13H2,1H3,(H,27,30)(H,25,26,31). The van der Waals surface area contributed by atoms with E-state index in [1.54, 1.807) is 23.8 Å². The summed E-state index contributed by atoms with van der Waals surface area (Å²) in [6.45, 7) is 5.27. The highest BCUT2D eigenvalue weighted by Gasteiger charge is 2.32. The summed E-state index contributed by atoms with van der Waals surface area (Å²) in [4.78, 5) is 34.2.